The van der Waals surface area contributed by atoms with Crippen molar-refractivity contribution in [2.45, 2.75) is 39.3 Å². The summed E-state index contributed by atoms with van der Waals surface area (Å²) in [4.78, 5) is 4.40. The monoisotopic (exact) mass is 295 g/mol. The molecule has 0 saturated carbocycles. The number of aryl methyl sites for hydroxylation is 1. The average molecular weight is 296 g/mol. The number of nitrogens with two attached hydrogens (primary N) is 1. The van der Waals surface area contributed by atoms with E-state index in [1.807, 2.05) is 35.0 Å². The number of nitrogens with zero attached hydrogens (tertiary/aromatic N) is 2. The molecule has 0 amide bonds. The van der Waals surface area contributed by atoms with Crippen molar-refractivity contribution in [1.82, 2.24) is 9.55 Å². The fourth-order valence-corrected chi connectivity index (χ4v) is 2.18. The fourth-order valence-electron chi connectivity index (χ4n) is 2.18. The van der Waals surface area contributed by atoms with Gasteiger partial charge < -0.3 is 15.4 Å². The molecule has 4 nitrogen and oxygen atoms in total. The van der Waals surface area contributed by atoms with Gasteiger partial charge in [0.2, 0.25) is 5.95 Å². The normalized spacial score (nSPS) is 10.3. The fraction of sp³-hybridized carbons (Fsp3) is 0.400. The van der Waals surface area contributed by atoms with Gasteiger partial charge in [0.05, 0.1) is 12.3 Å². The Hall–Kier alpha value is -1.52. The molecular formula is C15H22ClN3O. The van der Waals surface area contributed by atoms with Crippen LogP contribution in [0.1, 0.15) is 31.7 Å². The molecule has 0 fully saturated rings. The molecular weight excluding hydrogens is 274 g/mol. The highest BCUT2D eigenvalue weighted by atomic mass is 35.5. The number of hydrogen-bond acceptors (Lipinski definition) is 3. The number of benzene rings is 1. The van der Waals surface area contributed by atoms with E-state index >= 15 is 0 Å². The minimum absolute atomic E-state index is 0. The number of unbranched alkanes of at least 4 members (excludes halogenated alkanes) is 2. The number of rotatable bonds is 6. The van der Waals surface area contributed by atoms with Crippen molar-refractivity contribution in [2.24, 2.45) is 0 Å². The summed E-state index contributed by atoms with van der Waals surface area (Å²) in [5.41, 5.74) is 8.60. The lowest BCUT2D eigenvalue weighted by atomic mass is 10.1. The minimum Gasteiger partial charge on any atom is -0.392 e. The van der Waals surface area contributed by atoms with E-state index in [9.17, 15) is 5.11 Å². The minimum atomic E-state index is 0. The van der Waals surface area contributed by atoms with Gasteiger partial charge >= 0.3 is 0 Å². The molecule has 110 valence electrons. The quantitative estimate of drug-likeness (QED) is 0.804. The van der Waals surface area contributed by atoms with Crippen LogP contribution in [0.25, 0.3) is 11.3 Å². The van der Waals surface area contributed by atoms with Crippen LogP contribution in [0.4, 0.5) is 5.95 Å². The van der Waals surface area contributed by atoms with Gasteiger partial charge in [-0.3, -0.25) is 0 Å². The Labute approximate surface area is 126 Å². The topological polar surface area (TPSA) is 64.1 Å². The second-order valence-corrected chi connectivity index (χ2v) is 4.70. The Morgan fingerprint density at radius 1 is 1.25 bits per heavy atom. The second kappa shape index (κ2) is 7.92. The molecule has 0 saturated heterocycles. The van der Waals surface area contributed by atoms with Crippen LogP contribution in [-0.2, 0) is 13.2 Å². The van der Waals surface area contributed by atoms with Crippen molar-refractivity contribution in [3.05, 3.63) is 36.0 Å². The molecule has 0 aliphatic heterocycles. The molecule has 2 aromatic rings. The number of halogens is 1. The Balaban J connectivity index is 0.00000200. The van der Waals surface area contributed by atoms with Gasteiger partial charge in [0, 0.05) is 18.3 Å². The summed E-state index contributed by atoms with van der Waals surface area (Å²) >= 11 is 0. The zero-order valence-corrected chi connectivity index (χ0v) is 12.6. The van der Waals surface area contributed by atoms with E-state index in [0.717, 1.165) is 29.8 Å². The first-order chi connectivity index (χ1) is 9.26. The van der Waals surface area contributed by atoms with Crippen LogP contribution >= 0.6 is 12.4 Å². The summed E-state index contributed by atoms with van der Waals surface area (Å²) in [6.45, 7) is 3.09. The van der Waals surface area contributed by atoms with Crippen LogP contribution in [0.3, 0.4) is 0 Å². The number of aromatic nitrogens is 2. The summed E-state index contributed by atoms with van der Waals surface area (Å²) < 4.78 is 1.99. The Bertz CT molecular complexity index is 540. The molecule has 20 heavy (non-hydrogen) atoms. The summed E-state index contributed by atoms with van der Waals surface area (Å²) in [6, 6.07) is 7.72. The van der Waals surface area contributed by atoms with Crippen LogP contribution in [0, 0.1) is 0 Å². The third kappa shape index (κ3) is 3.74. The van der Waals surface area contributed by atoms with Crippen molar-refractivity contribution < 1.29 is 5.11 Å². The summed E-state index contributed by atoms with van der Waals surface area (Å²) in [5, 5.41) is 9.36. The van der Waals surface area contributed by atoms with Gasteiger partial charge in [0.1, 0.15) is 0 Å². The molecule has 0 atom stereocenters. The molecule has 0 aliphatic carbocycles. The zero-order valence-electron chi connectivity index (χ0n) is 11.7. The molecule has 3 N–H and O–H groups in total. The lowest BCUT2D eigenvalue weighted by Crippen LogP contribution is -2.02. The Morgan fingerprint density at radius 3 is 2.70 bits per heavy atom. The van der Waals surface area contributed by atoms with Crippen LogP contribution in [-0.4, -0.2) is 14.7 Å². The predicted molar refractivity (Wildman–Crippen MR) is 84.8 cm³/mol. The van der Waals surface area contributed by atoms with Gasteiger partial charge in [-0.15, -0.1) is 12.4 Å². The number of aliphatic hydroxyl groups excluding tert-OH is 1. The van der Waals surface area contributed by atoms with Crippen LogP contribution in [0.2, 0.25) is 0 Å². The first kappa shape index (κ1) is 16.5. The molecule has 1 heterocycles. The van der Waals surface area contributed by atoms with Gasteiger partial charge in [-0.1, -0.05) is 44.0 Å². The van der Waals surface area contributed by atoms with Crippen molar-refractivity contribution >= 4 is 18.4 Å². The number of aliphatic hydroxyl groups is 1. The van der Waals surface area contributed by atoms with E-state index in [2.05, 4.69) is 11.9 Å². The van der Waals surface area contributed by atoms with E-state index in [1.165, 1.54) is 12.8 Å². The van der Waals surface area contributed by atoms with Gasteiger partial charge in [-0.25, -0.2) is 4.98 Å². The summed E-state index contributed by atoms with van der Waals surface area (Å²) in [7, 11) is 0. The highest BCUT2D eigenvalue weighted by molar-refractivity contribution is 5.85. The molecule has 5 heteroatoms. The third-order valence-electron chi connectivity index (χ3n) is 3.27. The van der Waals surface area contributed by atoms with Gasteiger partial charge in [0.15, 0.2) is 0 Å². The highest BCUT2D eigenvalue weighted by Crippen LogP contribution is 2.24. The molecule has 0 radical (unpaired) electrons. The highest BCUT2D eigenvalue weighted by Gasteiger charge is 2.09. The molecule has 0 bridgehead atoms. The van der Waals surface area contributed by atoms with Crippen molar-refractivity contribution in [3.63, 3.8) is 0 Å². The smallest absolute Gasteiger partial charge is 0.200 e. The van der Waals surface area contributed by atoms with Crippen molar-refractivity contribution in [2.75, 3.05) is 5.73 Å². The largest absolute Gasteiger partial charge is 0.392 e. The van der Waals surface area contributed by atoms with E-state index in [1.54, 1.807) is 0 Å². The van der Waals surface area contributed by atoms with E-state index in [4.69, 9.17) is 5.73 Å². The lowest BCUT2D eigenvalue weighted by molar-refractivity contribution is 0.282. The predicted octanol–water partition coefficient (Wildman–Crippen LogP) is 3.24. The lowest BCUT2D eigenvalue weighted by Gasteiger charge is -2.03. The van der Waals surface area contributed by atoms with Gasteiger partial charge in [0.25, 0.3) is 0 Å². The van der Waals surface area contributed by atoms with Gasteiger partial charge in [-0.05, 0) is 12.0 Å². The molecule has 1 aromatic carbocycles. The summed E-state index contributed by atoms with van der Waals surface area (Å²) in [6.07, 6.45) is 5.46. The maximum Gasteiger partial charge on any atom is 0.200 e. The molecule has 0 aliphatic rings. The van der Waals surface area contributed by atoms with Crippen LogP contribution in [0.15, 0.2) is 30.5 Å². The second-order valence-electron chi connectivity index (χ2n) is 4.70. The van der Waals surface area contributed by atoms with Crippen LogP contribution in [0.5, 0.6) is 0 Å². The van der Waals surface area contributed by atoms with E-state index in [-0.39, 0.29) is 19.0 Å². The van der Waals surface area contributed by atoms with Crippen molar-refractivity contribution in [3.8, 4) is 11.3 Å². The Morgan fingerprint density at radius 2 is 2.00 bits per heavy atom. The third-order valence-corrected chi connectivity index (χ3v) is 3.27. The standard InChI is InChI=1S/C15H21N3O.ClH/c1-2-3-6-9-18-10-14(17-15(18)16)13-8-5-4-7-12(13)11-19;/h4-5,7-8,10,19H,2-3,6,9,11H2,1H3,(H2,16,17);1H. The Kier molecular flexibility index (Phi) is 6.55. The first-order valence-electron chi connectivity index (χ1n) is 6.78. The molecule has 0 spiro atoms. The molecule has 2 rings (SSSR count). The summed E-state index contributed by atoms with van der Waals surface area (Å²) in [5.74, 6) is 0.541. The SMILES string of the molecule is CCCCCn1cc(-c2ccccc2CO)nc1N.Cl. The average Bonchev–Trinajstić information content (AvgIpc) is 2.80. The number of anilines is 1. The van der Waals surface area contributed by atoms with E-state index < -0.39 is 0 Å². The first-order valence-corrected chi connectivity index (χ1v) is 6.78. The number of imidazole rings is 1. The van der Waals surface area contributed by atoms with Crippen LogP contribution < -0.4 is 5.73 Å². The molecule has 1 aromatic heterocycles. The maximum absolute atomic E-state index is 9.36. The molecule has 0 unspecified atom stereocenters. The maximum atomic E-state index is 9.36. The van der Waals surface area contributed by atoms with Crippen molar-refractivity contribution in [1.29, 1.82) is 0 Å². The van der Waals surface area contributed by atoms with E-state index in [0.29, 0.717) is 5.95 Å². The number of nitrogen functional groups attached to an aromatic ring is 1. The zero-order chi connectivity index (χ0) is 13.7. The van der Waals surface area contributed by atoms with Gasteiger partial charge in [-0.2, -0.15) is 0 Å². The number of hydrogen-bond donors (Lipinski definition) is 2.